The molecule has 1 fully saturated rings. The highest BCUT2D eigenvalue weighted by molar-refractivity contribution is 6.42. The number of carbonyl (C=O) groups excluding carboxylic acids is 3. The molecule has 1 aliphatic rings. The summed E-state index contributed by atoms with van der Waals surface area (Å²) in [5, 5.41) is 3.38. The van der Waals surface area contributed by atoms with E-state index in [0.29, 0.717) is 32.9 Å². The van der Waals surface area contributed by atoms with E-state index in [4.69, 9.17) is 41.8 Å². The molecule has 12 heteroatoms. The summed E-state index contributed by atoms with van der Waals surface area (Å²) >= 11 is 12.1. The molecule has 2 heterocycles. The van der Waals surface area contributed by atoms with Gasteiger partial charge in [0, 0.05) is 0 Å². The molecule has 38 heavy (non-hydrogen) atoms. The fraction of sp³-hybridized carbons (Fsp3) is 0.192. The fourth-order valence-corrected chi connectivity index (χ4v) is 3.94. The minimum absolute atomic E-state index is 0.0309. The molecular weight excluding hydrogens is 539 g/mol. The lowest BCUT2D eigenvalue weighted by atomic mass is 10.1. The number of benzene rings is 2. The van der Waals surface area contributed by atoms with Gasteiger partial charge in [-0.1, -0.05) is 29.3 Å². The van der Waals surface area contributed by atoms with Crippen LogP contribution in [0.2, 0.25) is 10.0 Å². The Morgan fingerprint density at radius 1 is 1.00 bits per heavy atom. The van der Waals surface area contributed by atoms with Crippen LogP contribution in [-0.2, 0) is 22.7 Å². The predicted molar refractivity (Wildman–Crippen MR) is 137 cm³/mol. The molecule has 2 aromatic carbocycles. The number of halogens is 2. The lowest BCUT2D eigenvalue weighted by molar-refractivity contribution is -0.123. The number of hydrogen-bond acceptors (Lipinski definition) is 8. The summed E-state index contributed by atoms with van der Waals surface area (Å²) in [6.45, 7) is -0.00877. The number of hydrogen-bond donors (Lipinski definition) is 1. The molecule has 3 aromatic rings. The molecule has 0 bridgehead atoms. The van der Waals surface area contributed by atoms with Gasteiger partial charge < -0.3 is 28.7 Å². The van der Waals surface area contributed by atoms with Crippen LogP contribution in [0.1, 0.15) is 27.4 Å². The van der Waals surface area contributed by atoms with E-state index in [1.165, 1.54) is 39.5 Å². The number of rotatable bonds is 9. The van der Waals surface area contributed by atoms with E-state index in [0.717, 1.165) is 10.5 Å². The van der Waals surface area contributed by atoms with Crippen LogP contribution >= 0.6 is 23.2 Å². The van der Waals surface area contributed by atoms with E-state index in [1.807, 2.05) is 0 Å². The number of furan rings is 1. The molecule has 1 aliphatic heterocycles. The van der Waals surface area contributed by atoms with Crippen LogP contribution in [0.15, 0.2) is 52.6 Å². The van der Waals surface area contributed by atoms with Crippen LogP contribution in [0.25, 0.3) is 6.08 Å². The van der Waals surface area contributed by atoms with Gasteiger partial charge in [0.15, 0.2) is 11.5 Å². The summed E-state index contributed by atoms with van der Waals surface area (Å²) in [6.07, 6.45) is 1.48. The van der Waals surface area contributed by atoms with Crippen LogP contribution < -0.4 is 19.5 Å². The number of imide groups is 1. The Balaban J connectivity index is 1.54. The lowest BCUT2D eigenvalue weighted by Gasteiger charge is -2.16. The molecule has 3 amide bonds. The standard InChI is InChI=1S/C26H22Cl2N2O8/c1-34-21-10-15(11-22(35-2)23(21)37-13-14-4-6-17(27)18(28)8-14)9-19-24(31)30(26(33)29-19)12-16-5-7-20(38-16)25(32)36-3/h4-11H,12-13H2,1-3H3,(H,29,33)/b19-9-. The number of methoxy groups -OCH3 is 3. The van der Waals surface area contributed by atoms with E-state index >= 15 is 0 Å². The second-order valence-corrected chi connectivity index (χ2v) is 8.74. The average molecular weight is 561 g/mol. The van der Waals surface area contributed by atoms with Gasteiger partial charge >= 0.3 is 12.0 Å². The highest BCUT2D eigenvalue weighted by Crippen LogP contribution is 2.40. The first-order valence-electron chi connectivity index (χ1n) is 11.1. The zero-order valence-electron chi connectivity index (χ0n) is 20.5. The van der Waals surface area contributed by atoms with Gasteiger partial charge in [0.25, 0.3) is 5.91 Å². The Hall–Kier alpha value is -4.15. The number of urea groups is 1. The van der Waals surface area contributed by atoms with Gasteiger partial charge in [-0.15, -0.1) is 0 Å². The number of nitrogens with one attached hydrogen (secondary N) is 1. The molecule has 198 valence electrons. The van der Waals surface area contributed by atoms with Crippen molar-refractivity contribution in [3.8, 4) is 17.2 Å². The van der Waals surface area contributed by atoms with E-state index < -0.39 is 17.9 Å². The first kappa shape index (κ1) is 26.9. The quantitative estimate of drug-likeness (QED) is 0.219. The van der Waals surface area contributed by atoms with Crippen molar-refractivity contribution in [2.75, 3.05) is 21.3 Å². The third-order valence-corrected chi connectivity index (χ3v) is 6.22. The van der Waals surface area contributed by atoms with Crippen molar-refractivity contribution >= 4 is 47.2 Å². The Bertz CT molecular complexity index is 1410. The van der Waals surface area contributed by atoms with Crippen molar-refractivity contribution in [1.82, 2.24) is 10.2 Å². The Labute approximate surface area is 227 Å². The Morgan fingerprint density at radius 2 is 1.71 bits per heavy atom. The van der Waals surface area contributed by atoms with Gasteiger partial charge in [0.1, 0.15) is 18.1 Å². The SMILES string of the molecule is COC(=O)c1ccc(CN2C(=O)N/C(=C\c3cc(OC)c(OCc4ccc(Cl)c(Cl)c4)c(OC)c3)C2=O)o1. The van der Waals surface area contributed by atoms with Crippen molar-refractivity contribution in [3.63, 3.8) is 0 Å². The number of nitrogens with zero attached hydrogens (tertiary/aromatic N) is 1. The maximum absolute atomic E-state index is 12.9. The smallest absolute Gasteiger partial charge is 0.373 e. The van der Waals surface area contributed by atoms with Crippen molar-refractivity contribution in [3.05, 3.63) is 80.9 Å². The van der Waals surface area contributed by atoms with Gasteiger partial charge in [-0.25, -0.2) is 9.59 Å². The largest absolute Gasteiger partial charge is 0.493 e. The van der Waals surface area contributed by atoms with E-state index in [2.05, 4.69) is 10.1 Å². The third-order valence-electron chi connectivity index (χ3n) is 5.49. The number of ether oxygens (including phenoxy) is 4. The van der Waals surface area contributed by atoms with Crippen molar-refractivity contribution in [2.45, 2.75) is 13.2 Å². The first-order chi connectivity index (χ1) is 18.2. The zero-order chi connectivity index (χ0) is 27.4. The summed E-state index contributed by atoms with van der Waals surface area (Å²) in [5.74, 6) is -0.0179. The van der Waals surface area contributed by atoms with Crippen LogP contribution in [0, 0.1) is 0 Å². The number of amides is 3. The topological polar surface area (TPSA) is 117 Å². The van der Waals surface area contributed by atoms with E-state index in [-0.39, 0.29) is 30.4 Å². The normalized spacial score (nSPS) is 14.0. The second-order valence-electron chi connectivity index (χ2n) is 7.93. The maximum atomic E-state index is 12.9. The average Bonchev–Trinajstić information content (AvgIpc) is 3.49. The van der Waals surface area contributed by atoms with Crippen LogP contribution in [0.3, 0.4) is 0 Å². The summed E-state index contributed by atoms with van der Waals surface area (Å²) in [4.78, 5) is 38.0. The fourth-order valence-electron chi connectivity index (χ4n) is 3.62. The van der Waals surface area contributed by atoms with Gasteiger partial charge in [0.2, 0.25) is 11.5 Å². The highest BCUT2D eigenvalue weighted by atomic mass is 35.5. The highest BCUT2D eigenvalue weighted by Gasteiger charge is 2.34. The van der Waals surface area contributed by atoms with Gasteiger partial charge in [-0.2, -0.15) is 0 Å². The minimum atomic E-state index is -0.665. The second kappa shape index (κ2) is 11.5. The van der Waals surface area contributed by atoms with E-state index in [1.54, 1.807) is 30.3 Å². The molecule has 4 rings (SSSR count). The zero-order valence-corrected chi connectivity index (χ0v) is 22.0. The summed E-state index contributed by atoms with van der Waals surface area (Å²) in [6, 6.07) is 10.7. The van der Waals surface area contributed by atoms with Crippen LogP contribution in [0.4, 0.5) is 4.79 Å². The summed E-state index contributed by atoms with van der Waals surface area (Å²) in [7, 11) is 4.15. The van der Waals surface area contributed by atoms with E-state index in [9.17, 15) is 14.4 Å². The van der Waals surface area contributed by atoms with Crippen LogP contribution in [0.5, 0.6) is 17.2 Å². The lowest BCUT2D eigenvalue weighted by Crippen LogP contribution is -2.30. The molecule has 1 N–H and O–H groups in total. The predicted octanol–water partition coefficient (Wildman–Crippen LogP) is 5.06. The van der Waals surface area contributed by atoms with Crippen LogP contribution in [-0.4, -0.2) is 44.1 Å². The number of esters is 1. The van der Waals surface area contributed by atoms with Gasteiger partial charge in [0.05, 0.1) is 37.9 Å². The molecule has 1 aromatic heterocycles. The molecule has 0 aliphatic carbocycles. The maximum Gasteiger partial charge on any atom is 0.373 e. The Kier molecular flexibility index (Phi) is 8.13. The molecule has 10 nitrogen and oxygen atoms in total. The Morgan fingerprint density at radius 3 is 2.34 bits per heavy atom. The van der Waals surface area contributed by atoms with Crippen molar-refractivity contribution < 1.29 is 37.7 Å². The third kappa shape index (κ3) is 5.71. The molecule has 0 saturated carbocycles. The molecule has 0 unspecified atom stereocenters. The molecule has 0 atom stereocenters. The molecule has 0 radical (unpaired) electrons. The minimum Gasteiger partial charge on any atom is -0.493 e. The number of carbonyl (C=O) groups is 3. The van der Waals surface area contributed by atoms with Gasteiger partial charge in [-0.3, -0.25) is 9.69 Å². The molecule has 1 saturated heterocycles. The van der Waals surface area contributed by atoms with Crippen molar-refractivity contribution in [2.24, 2.45) is 0 Å². The summed E-state index contributed by atoms with van der Waals surface area (Å²) < 4.78 is 26.9. The molecular formula is C26H22Cl2N2O8. The van der Waals surface area contributed by atoms with Gasteiger partial charge in [-0.05, 0) is 53.6 Å². The molecule has 0 spiro atoms. The summed E-state index contributed by atoms with van der Waals surface area (Å²) in [5.41, 5.74) is 1.32. The monoisotopic (exact) mass is 560 g/mol. The van der Waals surface area contributed by atoms with Crippen molar-refractivity contribution in [1.29, 1.82) is 0 Å². The first-order valence-corrected chi connectivity index (χ1v) is 11.8.